The van der Waals surface area contributed by atoms with Crippen molar-refractivity contribution in [3.63, 3.8) is 0 Å². The summed E-state index contributed by atoms with van der Waals surface area (Å²) in [6.07, 6.45) is 5.32. The molecule has 0 aromatic carbocycles. The van der Waals surface area contributed by atoms with E-state index in [1.54, 1.807) is 0 Å². The lowest BCUT2D eigenvalue weighted by Crippen LogP contribution is -2.35. The molecule has 0 aromatic heterocycles. The fourth-order valence-corrected chi connectivity index (χ4v) is 2.22. The standard InChI is InChI=1S/C13H18N2/c1-9(2)11-5-6-12-13(7-11,10(3)4)15-8-14-12/h5-6,9-10H,7H2,1-4H3. The predicted molar refractivity (Wildman–Crippen MR) is 63.1 cm³/mol. The summed E-state index contributed by atoms with van der Waals surface area (Å²) in [5, 5.41) is 0. The zero-order valence-electron chi connectivity index (χ0n) is 9.91. The van der Waals surface area contributed by atoms with Crippen LogP contribution < -0.4 is 0 Å². The molecule has 1 heterocycles. The van der Waals surface area contributed by atoms with Gasteiger partial charge in [0.05, 0.1) is 11.7 Å². The van der Waals surface area contributed by atoms with Gasteiger partial charge < -0.3 is 0 Å². The molecular weight excluding hydrogens is 184 g/mol. The summed E-state index contributed by atoms with van der Waals surface area (Å²) < 4.78 is 0. The average molecular weight is 202 g/mol. The second-order valence-corrected chi connectivity index (χ2v) is 5.03. The number of fused-ring (bicyclic) bond motifs is 1. The van der Waals surface area contributed by atoms with E-state index in [0.29, 0.717) is 11.8 Å². The van der Waals surface area contributed by atoms with Crippen molar-refractivity contribution in [2.45, 2.75) is 39.7 Å². The third-order valence-corrected chi connectivity index (χ3v) is 3.49. The van der Waals surface area contributed by atoms with Gasteiger partial charge in [-0.15, -0.1) is 0 Å². The molecule has 0 N–H and O–H groups in total. The summed E-state index contributed by atoms with van der Waals surface area (Å²) in [7, 11) is 0. The lowest BCUT2D eigenvalue weighted by molar-refractivity contribution is 0.357. The van der Waals surface area contributed by atoms with Crippen molar-refractivity contribution in [2.75, 3.05) is 0 Å². The van der Waals surface area contributed by atoms with Crippen LogP contribution >= 0.6 is 0 Å². The quantitative estimate of drug-likeness (QED) is 0.655. The molecule has 2 nitrogen and oxygen atoms in total. The van der Waals surface area contributed by atoms with Gasteiger partial charge in [-0.05, 0) is 17.9 Å². The third kappa shape index (κ3) is 1.49. The van der Waals surface area contributed by atoms with E-state index in [2.05, 4.69) is 55.8 Å². The number of aliphatic imine (C=N–C) groups is 2. The number of allylic oxidation sites excluding steroid dienone is 2. The molecule has 0 spiro atoms. The van der Waals surface area contributed by atoms with Crippen LogP contribution in [0.4, 0.5) is 0 Å². The van der Waals surface area contributed by atoms with E-state index in [0.717, 1.165) is 12.1 Å². The van der Waals surface area contributed by atoms with E-state index in [1.165, 1.54) is 5.57 Å². The van der Waals surface area contributed by atoms with Gasteiger partial charge in [-0.3, -0.25) is 0 Å². The minimum atomic E-state index is -0.117. The number of rotatable bonds is 2. The molecule has 0 fully saturated rings. The van der Waals surface area contributed by atoms with E-state index < -0.39 is 0 Å². The molecule has 0 saturated carbocycles. The van der Waals surface area contributed by atoms with E-state index in [9.17, 15) is 0 Å². The number of hydrogen-bond acceptors (Lipinski definition) is 2. The Morgan fingerprint density at radius 1 is 1.27 bits per heavy atom. The molecule has 0 bridgehead atoms. The lowest BCUT2D eigenvalue weighted by atomic mass is 9.74. The fourth-order valence-electron chi connectivity index (χ4n) is 2.22. The highest BCUT2D eigenvalue weighted by atomic mass is 15.0. The van der Waals surface area contributed by atoms with Crippen molar-refractivity contribution in [3.05, 3.63) is 23.4 Å². The smallest absolute Gasteiger partial charge is 0.120 e. The van der Waals surface area contributed by atoms with Crippen molar-refractivity contribution < 1.29 is 0 Å². The van der Waals surface area contributed by atoms with Gasteiger partial charge in [-0.1, -0.05) is 39.3 Å². The van der Waals surface area contributed by atoms with Crippen LogP contribution in [0.2, 0.25) is 0 Å². The molecule has 0 saturated heterocycles. The molecule has 2 heteroatoms. The summed E-state index contributed by atoms with van der Waals surface area (Å²) in [6.45, 7) is 8.89. The van der Waals surface area contributed by atoms with Gasteiger partial charge >= 0.3 is 0 Å². The highest BCUT2D eigenvalue weighted by Crippen LogP contribution is 2.43. The zero-order chi connectivity index (χ0) is 11.1. The van der Waals surface area contributed by atoms with Crippen LogP contribution in [-0.2, 0) is 0 Å². The van der Waals surface area contributed by atoms with Gasteiger partial charge in [-0.25, -0.2) is 4.99 Å². The van der Waals surface area contributed by atoms with Gasteiger partial charge in [0.2, 0.25) is 0 Å². The fraction of sp³-hybridized carbons (Fsp3) is 0.615. The van der Waals surface area contributed by atoms with Crippen molar-refractivity contribution in [3.8, 4) is 0 Å². The van der Waals surface area contributed by atoms with E-state index in [-0.39, 0.29) is 5.54 Å². The van der Waals surface area contributed by atoms with Gasteiger partial charge in [-0.2, -0.15) is 4.99 Å². The maximum Gasteiger partial charge on any atom is 0.120 e. The summed E-state index contributed by atoms with van der Waals surface area (Å²) in [5.41, 5.74) is 2.44. The maximum absolute atomic E-state index is 4.50. The van der Waals surface area contributed by atoms with Crippen molar-refractivity contribution >= 4 is 6.01 Å². The average Bonchev–Trinajstić information content (AvgIpc) is 2.60. The summed E-state index contributed by atoms with van der Waals surface area (Å²) >= 11 is 0. The van der Waals surface area contributed by atoms with Gasteiger partial charge in [0.25, 0.3) is 0 Å². The van der Waals surface area contributed by atoms with Crippen LogP contribution in [-0.4, -0.2) is 11.5 Å². The molecule has 0 radical (unpaired) electrons. The Labute approximate surface area is 91.5 Å². The third-order valence-electron chi connectivity index (χ3n) is 3.49. The van der Waals surface area contributed by atoms with Crippen LogP contribution in [0, 0.1) is 11.8 Å². The molecule has 1 unspecified atom stereocenters. The molecule has 80 valence electrons. The molecular formula is C13H18N2. The second-order valence-electron chi connectivity index (χ2n) is 5.03. The molecule has 2 aliphatic rings. The van der Waals surface area contributed by atoms with Gasteiger partial charge in [0.15, 0.2) is 0 Å². The maximum atomic E-state index is 4.50. The van der Waals surface area contributed by atoms with Crippen LogP contribution in [0.25, 0.3) is 0 Å². The minimum Gasteiger partial charge on any atom is -0.211 e. The van der Waals surface area contributed by atoms with Crippen LogP contribution in [0.1, 0.15) is 34.1 Å². The first-order chi connectivity index (χ1) is 7.06. The lowest BCUT2D eigenvalue weighted by Gasteiger charge is -2.34. The SMILES string of the molecule is CC(C)C1=CC=C2N=C=NC2(C(C)C)C1. The van der Waals surface area contributed by atoms with E-state index >= 15 is 0 Å². The Balaban J connectivity index is 2.38. The molecule has 2 rings (SSSR count). The number of hydrogen-bond donors (Lipinski definition) is 0. The number of nitrogens with zero attached hydrogens (tertiary/aromatic N) is 2. The van der Waals surface area contributed by atoms with Gasteiger partial charge in [0, 0.05) is 6.42 Å². The normalized spacial score (nSPS) is 28.4. The summed E-state index contributed by atoms with van der Waals surface area (Å²) in [4.78, 5) is 8.74. The van der Waals surface area contributed by atoms with Crippen molar-refractivity contribution in [2.24, 2.45) is 21.8 Å². The van der Waals surface area contributed by atoms with Crippen LogP contribution in [0.15, 0.2) is 33.4 Å². The molecule has 1 aliphatic heterocycles. The Morgan fingerprint density at radius 2 is 2.00 bits per heavy atom. The highest BCUT2D eigenvalue weighted by Gasteiger charge is 2.42. The Hall–Kier alpha value is -1.14. The molecule has 0 aromatic rings. The first-order valence-corrected chi connectivity index (χ1v) is 5.65. The van der Waals surface area contributed by atoms with Crippen LogP contribution in [0.3, 0.4) is 0 Å². The zero-order valence-corrected chi connectivity index (χ0v) is 9.91. The molecule has 0 amide bonds. The molecule has 1 atom stereocenters. The second kappa shape index (κ2) is 3.46. The predicted octanol–water partition coefficient (Wildman–Crippen LogP) is 3.44. The monoisotopic (exact) mass is 202 g/mol. The largest absolute Gasteiger partial charge is 0.211 e. The topological polar surface area (TPSA) is 24.7 Å². The summed E-state index contributed by atoms with van der Waals surface area (Å²) in [6, 6.07) is 2.79. The Morgan fingerprint density at radius 3 is 2.60 bits per heavy atom. The Bertz CT molecular complexity index is 393. The summed E-state index contributed by atoms with van der Waals surface area (Å²) in [5.74, 6) is 1.07. The Kier molecular flexibility index (Phi) is 2.40. The highest BCUT2D eigenvalue weighted by molar-refractivity contribution is 5.56. The first kappa shape index (κ1) is 10.4. The van der Waals surface area contributed by atoms with E-state index in [4.69, 9.17) is 0 Å². The minimum absolute atomic E-state index is 0.117. The molecule has 1 aliphatic carbocycles. The molecule has 15 heavy (non-hydrogen) atoms. The van der Waals surface area contributed by atoms with Crippen molar-refractivity contribution in [1.82, 2.24) is 0 Å². The first-order valence-electron chi connectivity index (χ1n) is 5.65. The van der Waals surface area contributed by atoms with Gasteiger partial charge in [0.1, 0.15) is 5.54 Å². The van der Waals surface area contributed by atoms with Crippen LogP contribution in [0.5, 0.6) is 0 Å². The van der Waals surface area contributed by atoms with E-state index in [1.807, 2.05) is 0 Å². The van der Waals surface area contributed by atoms with Crippen molar-refractivity contribution in [1.29, 1.82) is 0 Å².